The molecule has 4 nitrogen and oxygen atoms in total. The van der Waals surface area contributed by atoms with E-state index in [-0.39, 0.29) is 6.04 Å². The van der Waals surface area contributed by atoms with Crippen LogP contribution in [0.25, 0.3) is 0 Å². The summed E-state index contributed by atoms with van der Waals surface area (Å²) in [7, 11) is 1.58. The van der Waals surface area contributed by atoms with E-state index in [0.29, 0.717) is 18.7 Å². The van der Waals surface area contributed by atoms with E-state index in [9.17, 15) is 13.2 Å². The van der Waals surface area contributed by atoms with Crippen molar-refractivity contribution in [3.63, 3.8) is 0 Å². The highest BCUT2D eigenvalue weighted by Crippen LogP contribution is 2.26. The second kappa shape index (κ2) is 7.40. The highest BCUT2D eigenvalue weighted by molar-refractivity contribution is 5.10. The lowest BCUT2D eigenvalue weighted by Gasteiger charge is -2.17. The fraction of sp³-hybridized carbons (Fsp3) is 0.667. The van der Waals surface area contributed by atoms with E-state index in [0.717, 1.165) is 19.0 Å². The van der Waals surface area contributed by atoms with Gasteiger partial charge in [-0.15, -0.1) is 5.10 Å². The molecule has 1 heterocycles. The first-order valence-corrected chi connectivity index (χ1v) is 6.09. The van der Waals surface area contributed by atoms with E-state index >= 15 is 0 Å². The molecule has 0 amide bonds. The van der Waals surface area contributed by atoms with Crippen molar-refractivity contribution < 1.29 is 17.9 Å². The fourth-order valence-corrected chi connectivity index (χ4v) is 1.61. The molecule has 0 spiro atoms. The Hall–Kier alpha value is -1.21. The summed E-state index contributed by atoms with van der Waals surface area (Å²) in [4.78, 5) is 0. The number of ether oxygens (including phenoxy) is 1. The van der Waals surface area contributed by atoms with E-state index in [1.807, 2.05) is 6.92 Å². The number of aromatic nitrogens is 2. The first-order chi connectivity index (χ1) is 8.97. The molecule has 0 aliphatic rings. The molecule has 1 rings (SSSR count). The van der Waals surface area contributed by atoms with Gasteiger partial charge in [0.25, 0.3) is 0 Å². The van der Waals surface area contributed by atoms with Crippen LogP contribution in [0.4, 0.5) is 13.2 Å². The van der Waals surface area contributed by atoms with Crippen LogP contribution in [-0.4, -0.2) is 36.5 Å². The van der Waals surface area contributed by atoms with Crippen molar-refractivity contribution in [3.05, 3.63) is 23.5 Å². The van der Waals surface area contributed by atoms with E-state index in [1.165, 1.54) is 6.07 Å². The number of nitrogens with one attached hydrogen (secondary N) is 1. The highest BCUT2D eigenvalue weighted by Gasteiger charge is 2.32. The largest absolute Gasteiger partial charge is 0.435 e. The first kappa shape index (κ1) is 15.8. The molecule has 0 fully saturated rings. The Morgan fingerprint density at radius 2 is 2.05 bits per heavy atom. The van der Waals surface area contributed by atoms with Crippen LogP contribution in [0.2, 0.25) is 0 Å². The molecule has 1 atom stereocenters. The highest BCUT2D eigenvalue weighted by atomic mass is 19.4. The van der Waals surface area contributed by atoms with Crippen molar-refractivity contribution in [2.75, 3.05) is 20.3 Å². The minimum Gasteiger partial charge on any atom is -0.383 e. The van der Waals surface area contributed by atoms with Crippen LogP contribution in [0.15, 0.2) is 12.1 Å². The Bertz CT molecular complexity index is 367. The Morgan fingerprint density at radius 1 is 1.32 bits per heavy atom. The van der Waals surface area contributed by atoms with Crippen LogP contribution in [0.1, 0.15) is 24.7 Å². The van der Waals surface area contributed by atoms with Gasteiger partial charge in [0.1, 0.15) is 0 Å². The zero-order valence-corrected chi connectivity index (χ0v) is 11.0. The van der Waals surface area contributed by atoms with Gasteiger partial charge in [-0.05, 0) is 25.1 Å². The van der Waals surface area contributed by atoms with Crippen molar-refractivity contribution in [2.24, 2.45) is 0 Å². The van der Waals surface area contributed by atoms with Gasteiger partial charge in [-0.25, -0.2) is 0 Å². The van der Waals surface area contributed by atoms with Gasteiger partial charge in [0, 0.05) is 19.6 Å². The molecule has 1 N–H and O–H groups in total. The second-order valence-electron chi connectivity index (χ2n) is 4.22. The monoisotopic (exact) mass is 277 g/mol. The molecular formula is C12H18F3N3O. The van der Waals surface area contributed by atoms with Gasteiger partial charge in [0.2, 0.25) is 0 Å². The van der Waals surface area contributed by atoms with E-state index in [1.54, 1.807) is 7.11 Å². The third-order valence-corrected chi connectivity index (χ3v) is 2.52. The lowest BCUT2D eigenvalue weighted by Crippen LogP contribution is -2.36. The van der Waals surface area contributed by atoms with Crippen LogP contribution < -0.4 is 5.32 Å². The molecule has 1 unspecified atom stereocenters. The van der Waals surface area contributed by atoms with Crippen molar-refractivity contribution in [1.29, 1.82) is 0 Å². The number of nitrogens with zero attached hydrogens (tertiary/aromatic N) is 2. The summed E-state index contributed by atoms with van der Waals surface area (Å²) in [6.07, 6.45) is -2.99. The van der Waals surface area contributed by atoms with Gasteiger partial charge in [-0.3, -0.25) is 0 Å². The summed E-state index contributed by atoms with van der Waals surface area (Å²) in [5, 5.41) is 10.1. The van der Waals surface area contributed by atoms with Gasteiger partial charge in [0.05, 0.1) is 12.3 Å². The van der Waals surface area contributed by atoms with Crippen molar-refractivity contribution >= 4 is 0 Å². The van der Waals surface area contributed by atoms with Gasteiger partial charge in [0.15, 0.2) is 5.69 Å². The maximum absolute atomic E-state index is 12.3. The van der Waals surface area contributed by atoms with Gasteiger partial charge >= 0.3 is 6.18 Å². The van der Waals surface area contributed by atoms with Gasteiger partial charge < -0.3 is 10.1 Å². The number of methoxy groups -OCH3 is 1. The molecule has 0 aliphatic carbocycles. The van der Waals surface area contributed by atoms with Crippen molar-refractivity contribution in [2.45, 2.75) is 32.0 Å². The standard InChI is InChI=1S/C12H18F3N3O/c1-3-6-16-10(8-19-2)7-9-4-5-11(18-17-9)12(13,14)15/h4-5,10,16H,3,6-8H2,1-2H3. The molecule has 0 aliphatic heterocycles. The summed E-state index contributed by atoms with van der Waals surface area (Å²) in [5.41, 5.74) is -0.459. The molecule has 0 saturated heterocycles. The summed E-state index contributed by atoms with van der Waals surface area (Å²) in [6, 6.07) is 2.33. The average Bonchev–Trinajstić information content (AvgIpc) is 2.36. The molecule has 1 aromatic rings. The summed E-state index contributed by atoms with van der Waals surface area (Å²) < 4.78 is 42.1. The Labute approximate surface area is 110 Å². The lowest BCUT2D eigenvalue weighted by atomic mass is 10.1. The number of rotatable bonds is 7. The Morgan fingerprint density at radius 3 is 2.53 bits per heavy atom. The number of hydrogen-bond donors (Lipinski definition) is 1. The van der Waals surface area contributed by atoms with Crippen LogP contribution in [0, 0.1) is 0 Å². The van der Waals surface area contributed by atoms with Crippen LogP contribution in [0.5, 0.6) is 0 Å². The molecule has 0 radical (unpaired) electrons. The number of alkyl halides is 3. The summed E-state index contributed by atoms with van der Waals surface area (Å²) in [6.45, 7) is 3.33. The van der Waals surface area contributed by atoms with Gasteiger partial charge in [-0.2, -0.15) is 18.3 Å². The van der Waals surface area contributed by atoms with E-state index < -0.39 is 11.9 Å². The number of hydrogen-bond acceptors (Lipinski definition) is 4. The smallest absolute Gasteiger partial charge is 0.383 e. The molecular weight excluding hydrogens is 259 g/mol. The molecule has 7 heteroatoms. The molecule has 0 aromatic carbocycles. The molecule has 0 saturated carbocycles. The van der Waals surface area contributed by atoms with Crippen molar-refractivity contribution in [3.8, 4) is 0 Å². The van der Waals surface area contributed by atoms with E-state index in [4.69, 9.17) is 4.74 Å². The Kier molecular flexibility index (Phi) is 6.17. The zero-order chi connectivity index (χ0) is 14.3. The van der Waals surface area contributed by atoms with Crippen LogP contribution in [0.3, 0.4) is 0 Å². The lowest BCUT2D eigenvalue weighted by molar-refractivity contribution is -0.141. The predicted octanol–water partition coefficient (Wildman–Crippen LogP) is 2.05. The Balaban J connectivity index is 2.64. The van der Waals surface area contributed by atoms with Gasteiger partial charge in [-0.1, -0.05) is 6.92 Å². The minimum absolute atomic E-state index is 0.0241. The minimum atomic E-state index is -4.45. The van der Waals surface area contributed by atoms with E-state index in [2.05, 4.69) is 15.5 Å². The SMILES string of the molecule is CCCNC(COC)Cc1ccc(C(F)(F)F)nn1. The maximum Gasteiger partial charge on any atom is 0.435 e. The second-order valence-corrected chi connectivity index (χ2v) is 4.22. The molecule has 19 heavy (non-hydrogen) atoms. The summed E-state index contributed by atoms with van der Waals surface area (Å²) >= 11 is 0. The topological polar surface area (TPSA) is 47.0 Å². The average molecular weight is 277 g/mol. The number of halogens is 3. The predicted molar refractivity (Wildman–Crippen MR) is 64.7 cm³/mol. The maximum atomic E-state index is 12.3. The summed E-state index contributed by atoms with van der Waals surface area (Å²) in [5.74, 6) is 0. The quantitative estimate of drug-likeness (QED) is 0.828. The zero-order valence-electron chi connectivity index (χ0n) is 11.0. The third-order valence-electron chi connectivity index (χ3n) is 2.52. The fourth-order valence-electron chi connectivity index (χ4n) is 1.61. The normalized spacial score (nSPS) is 13.5. The van der Waals surface area contributed by atoms with Crippen molar-refractivity contribution in [1.82, 2.24) is 15.5 Å². The first-order valence-electron chi connectivity index (χ1n) is 6.09. The molecule has 1 aromatic heterocycles. The molecule has 0 bridgehead atoms. The van der Waals surface area contributed by atoms with Crippen LogP contribution >= 0.6 is 0 Å². The third kappa shape index (κ3) is 5.52. The van der Waals surface area contributed by atoms with Crippen LogP contribution in [-0.2, 0) is 17.3 Å². The molecule has 108 valence electrons.